The monoisotopic (exact) mass is 285 g/mol. The third-order valence-electron chi connectivity index (χ3n) is 2.45. The molecule has 0 fully saturated rings. The van der Waals surface area contributed by atoms with Crippen molar-refractivity contribution in [2.75, 3.05) is 20.8 Å². The van der Waals surface area contributed by atoms with Gasteiger partial charge in [0.15, 0.2) is 11.2 Å². The molecule has 1 atom stereocenters. The molecule has 0 spiro atoms. The summed E-state index contributed by atoms with van der Waals surface area (Å²) >= 11 is 0. The van der Waals surface area contributed by atoms with E-state index in [1.165, 1.54) is 14.2 Å². The molecule has 1 rings (SSSR count). The standard InChI is InChI=1S/C11H15N3O6/c1-11(18,10(16)17)4-12-7(15)6-8(19-2)13-5-14-9(6)20-3/h5,18H,4H2,1-3H3,(H,12,15)(H,16,17). The molecule has 0 aliphatic rings. The summed E-state index contributed by atoms with van der Waals surface area (Å²) in [6.45, 7) is 0.563. The van der Waals surface area contributed by atoms with Crippen molar-refractivity contribution < 1.29 is 29.3 Å². The Bertz CT molecular complexity index is 495. The summed E-state index contributed by atoms with van der Waals surface area (Å²) in [7, 11) is 2.62. The van der Waals surface area contributed by atoms with Gasteiger partial charge in [-0.3, -0.25) is 4.79 Å². The van der Waals surface area contributed by atoms with Crippen LogP contribution in [0.5, 0.6) is 11.8 Å². The van der Waals surface area contributed by atoms with Crippen molar-refractivity contribution in [2.24, 2.45) is 0 Å². The Hall–Kier alpha value is -2.42. The van der Waals surface area contributed by atoms with E-state index in [-0.39, 0.29) is 17.3 Å². The van der Waals surface area contributed by atoms with Crippen LogP contribution in [0.4, 0.5) is 0 Å². The number of aromatic nitrogens is 2. The molecule has 3 N–H and O–H groups in total. The van der Waals surface area contributed by atoms with Crippen molar-refractivity contribution >= 4 is 11.9 Å². The number of ether oxygens (including phenoxy) is 2. The van der Waals surface area contributed by atoms with E-state index in [0.29, 0.717) is 0 Å². The first-order valence-electron chi connectivity index (χ1n) is 5.50. The largest absolute Gasteiger partial charge is 0.480 e. The van der Waals surface area contributed by atoms with Gasteiger partial charge in [-0.05, 0) is 6.92 Å². The van der Waals surface area contributed by atoms with Crippen molar-refractivity contribution in [3.63, 3.8) is 0 Å². The van der Waals surface area contributed by atoms with Crippen LogP contribution in [-0.2, 0) is 4.79 Å². The van der Waals surface area contributed by atoms with Crippen LogP contribution in [0.3, 0.4) is 0 Å². The van der Waals surface area contributed by atoms with Gasteiger partial charge in [-0.2, -0.15) is 0 Å². The predicted octanol–water partition coefficient (Wildman–Crippen LogP) is -0.941. The minimum Gasteiger partial charge on any atom is -0.480 e. The number of rotatable bonds is 6. The van der Waals surface area contributed by atoms with E-state index in [0.717, 1.165) is 13.3 Å². The molecule has 0 bridgehead atoms. The van der Waals surface area contributed by atoms with Crippen LogP contribution in [0.2, 0.25) is 0 Å². The molecular formula is C11H15N3O6. The first-order valence-corrected chi connectivity index (χ1v) is 5.50. The first-order chi connectivity index (χ1) is 9.33. The fourth-order valence-electron chi connectivity index (χ4n) is 1.27. The fourth-order valence-corrected chi connectivity index (χ4v) is 1.27. The van der Waals surface area contributed by atoms with E-state index in [2.05, 4.69) is 15.3 Å². The normalized spacial score (nSPS) is 13.2. The molecule has 0 radical (unpaired) electrons. The van der Waals surface area contributed by atoms with Crippen molar-refractivity contribution in [1.29, 1.82) is 0 Å². The van der Waals surface area contributed by atoms with Gasteiger partial charge in [0.1, 0.15) is 6.33 Å². The van der Waals surface area contributed by atoms with Crippen molar-refractivity contribution in [2.45, 2.75) is 12.5 Å². The zero-order valence-corrected chi connectivity index (χ0v) is 11.2. The predicted molar refractivity (Wildman–Crippen MR) is 65.7 cm³/mol. The second-order valence-corrected chi connectivity index (χ2v) is 4.03. The first kappa shape index (κ1) is 15.6. The van der Waals surface area contributed by atoms with Gasteiger partial charge >= 0.3 is 5.97 Å². The number of carboxylic acid groups (broad SMARTS) is 1. The van der Waals surface area contributed by atoms with Crippen LogP contribution < -0.4 is 14.8 Å². The van der Waals surface area contributed by atoms with Gasteiger partial charge in [0, 0.05) is 0 Å². The number of carboxylic acids is 1. The Kier molecular flexibility index (Phi) is 4.81. The molecule has 0 aliphatic heterocycles. The van der Waals surface area contributed by atoms with Gasteiger partial charge in [0.05, 0.1) is 20.8 Å². The molecule has 1 unspecified atom stereocenters. The third kappa shape index (κ3) is 3.32. The highest BCUT2D eigenvalue weighted by Crippen LogP contribution is 2.23. The average molecular weight is 285 g/mol. The number of carbonyl (C=O) groups excluding carboxylic acids is 1. The molecule has 0 saturated carbocycles. The quantitative estimate of drug-likeness (QED) is 0.610. The van der Waals surface area contributed by atoms with E-state index in [4.69, 9.17) is 14.6 Å². The maximum absolute atomic E-state index is 12.0. The molecule has 20 heavy (non-hydrogen) atoms. The van der Waals surface area contributed by atoms with Crippen LogP contribution in [0.25, 0.3) is 0 Å². The molecule has 0 saturated heterocycles. The highest BCUT2D eigenvalue weighted by atomic mass is 16.5. The summed E-state index contributed by atoms with van der Waals surface area (Å²) in [5, 5.41) is 20.5. The van der Waals surface area contributed by atoms with E-state index >= 15 is 0 Å². The number of nitrogens with zero attached hydrogens (tertiary/aromatic N) is 2. The van der Waals surface area contributed by atoms with Crippen LogP contribution in [0.15, 0.2) is 6.33 Å². The Morgan fingerprint density at radius 3 is 2.20 bits per heavy atom. The lowest BCUT2D eigenvalue weighted by Crippen LogP contribution is -2.46. The van der Waals surface area contributed by atoms with Gasteiger partial charge in [0.2, 0.25) is 11.8 Å². The number of hydrogen-bond donors (Lipinski definition) is 3. The molecule has 0 aliphatic carbocycles. The summed E-state index contributed by atoms with van der Waals surface area (Å²) in [5.41, 5.74) is -2.18. The maximum Gasteiger partial charge on any atom is 0.337 e. The molecular weight excluding hydrogens is 270 g/mol. The second-order valence-electron chi connectivity index (χ2n) is 4.03. The van der Waals surface area contributed by atoms with Crippen molar-refractivity contribution in [1.82, 2.24) is 15.3 Å². The topological polar surface area (TPSA) is 131 Å². The third-order valence-corrected chi connectivity index (χ3v) is 2.45. The summed E-state index contributed by atoms with van der Waals surface area (Å²) in [5.74, 6) is -2.23. The molecule has 1 aromatic rings. The molecule has 1 heterocycles. The Labute approximate surface area is 114 Å². The SMILES string of the molecule is COc1ncnc(OC)c1C(=O)NCC(C)(O)C(=O)O. The minimum absolute atomic E-state index is 0.0238. The molecule has 9 heteroatoms. The lowest BCUT2D eigenvalue weighted by atomic mass is 10.1. The Morgan fingerprint density at radius 1 is 1.30 bits per heavy atom. The number of aliphatic carboxylic acids is 1. The molecule has 1 amide bonds. The summed E-state index contributed by atoms with van der Waals surface area (Å²) in [6.07, 6.45) is 1.15. The van der Waals surface area contributed by atoms with Gasteiger partial charge < -0.3 is 25.0 Å². The molecule has 1 aromatic heterocycles. The van der Waals surface area contributed by atoms with Gasteiger partial charge in [-0.1, -0.05) is 0 Å². The summed E-state index contributed by atoms with van der Waals surface area (Å²) in [6, 6.07) is 0. The van der Waals surface area contributed by atoms with Crippen LogP contribution >= 0.6 is 0 Å². The number of amides is 1. The second kappa shape index (κ2) is 6.15. The van der Waals surface area contributed by atoms with Crippen LogP contribution in [0.1, 0.15) is 17.3 Å². The van der Waals surface area contributed by atoms with Crippen molar-refractivity contribution in [3.8, 4) is 11.8 Å². The lowest BCUT2D eigenvalue weighted by Gasteiger charge is -2.18. The lowest BCUT2D eigenvalue weighted by molar-refractivity contribution is -0.155. The molecule has 0 aromatic carbocycles. The van der Waals surface area contributed by atoms with Crippen LogP contribution in [0, 0.1) is 0 Å². The molecule has 110 valence electrons. The zero-order chi connectivity index (χ0) is 15.3. The summed E-state index contributed by atoms with van der Waals surface area (Å²) < 4.78 is 9.84. The number of carbonyl (C=O) groups is 2. The Balaban J connectivity index is 2.95. The van der Waals surface area contributed by atoms with E-state index < -0.39 is 24.0 Å². The Morgan fingerprint density at radius 2 is 1.80 bits per heavy atom. The molecule has 9 nitrogen and oxygen atoms in total. The zero-order valence-electron chi connectivity index (χ0n) is 11.2. The minimum atomic E-state index is -2.09. The number of aliphatic hydroxyl groups is 1. The summed E-state index contributed by atoms with van der Waals surface area (Å²) in [4.78, 5) is 30.3. The van der Waals surface area contributed by atoms with Gasteiger partial charge in [-0.15, -0.1) is 0 Å². The smallest absolute Gasteiger partial charge is 0.337 e. The van der Waals surface area contributed by atoms with Crippen molar-refractivity contribution in [3.05, 3.63) is 11.9 Å². The average Bonchev–Trinajstić information content (AvgIpc) is 2.43. The number of nitrogens with one attached hydrogen (secondary N) is 1. The van der Waals surface area contributed by atoms with E-state index in [9.17, 15) is 14.7 Å². The van der Waals surface area contributed by atoms with Gasteiger partial charge in [-0.25, -0.2) is 14.8 Å². The highest BCUT2D eigenvalue weighted by Gasteiger charge is 2.31. The van der Waals surface area contributed by atoms with E-state index in [1.54, 1.807) is 0 Å². The maximum atomic E-state index is 12.0. The number of methoxy groups -OCH3 is 2. The van der Waals surface area contributed by atoms with Gasteiger partial charge in [0.25, 0.3) is 5.91 Å². The van der Waals surface area contributed by atoms with Crippen LogP contribution in [-0.4, -0.2) is 58.4 Å². The van der Waals surface area contributed by atoms with E-state index in [1.807, 2.05) is 0 Å². The fraction of sp³-hybridized carbons (Fsp3) is 0.455. The number of hydrogen-bond acceptors (Lipinski definition) is 7. The highest BCUT2D eigenvalue weighted by molar-refractivity contribution is 5.98.